The summed E-state index contributed by atoms with van der Waals surface area (Å²) < 4.78 is 25.1. The summed E-state index contributed by atoms with van der Waals surface area (Å²) in [4.78, 5) is 16.3. The Morgan fingerprint density at radius 1 is 1.05 bits per heavy atom. The molecule has 0 radical (unpaired) electrons. The van der Waals surface area contributed by atoms with Gasteiger partial charge in [0.1, 0.15) is 6.61 Å². The van der Waals surface area contributed by atoms with Crippen molar-refractivity contribution in [2.45, 2.75) is 18.4 Å². The van der Waals surface area contributed by atoms with Crippen LogP contribution in [-0.4, -0.2) is 19.3 Å². The number of sulfonamides is 1. The number of amides is 1. The molecule has 0 fully saturated rings. The highest BCUT2D eigenvalue weighted by Gasteiger charge is 2.25. The van der Waals surface area contributed by atoms with Crippen LogP contribution in [0.15, 0.2) is 59.5 Å². The number of aryl methyl sites for hydroxylation is 1. The minimum Gasteiger partial charge on any atom is -0.275 e. The molecule has 2 rings (SSSR count). The number of hydrogen-bond donors (Lipinski definition) is 0. The summed E-state index contributed by atoms with van der Waals surface area (Å²) in [5, 5.41) is 0. The van der Waals surface area contributed by atoms with Crippen LogP contribution in [0.3, 0.4) is 0 Å². The van der Waals surface area contributed by atoms with Gasteiger partial charge >= 0.3 is 0 Å². The van der Waals surface area contributed by atoms with Gasteiger partial charge in [0.25, 0.3) is 10.0 Å². The zero-order chi connectivity index (χ0) is 15.3. The van der Waals surface area contributed by atoms with Crippen molar-refractivity contribution >= 4 is 16.4 Å². The fourth-order valence-electron chi connectivity index (χ4n) is 1.81. The second-order valence-corrected chi connectivity index (χ2v) is 6.14. The Morgan fingerprint density at radius 2 is 1.67 bits per heavy atom. The Hall–Kier alpha value is -2.18. The molecule has 0 aliphatic rings. The number of hydroxylamine groups is 1. The van der Waals surface area contributed by atoms with Gasteiger partial charge in [0.15, 0.2) is 0 Å². The molecular weight excluding hydrogens is 290 g/mol. The lowest BCUT2D eigenvalue weighted by molar-refractivity contribution is -0.146. The summed E-state index contributed by atoms with van der Waals surface area (Å²) in [5.74, 6) is 0. The van der Waals surface area contributed by atoms with E-state index in [1.165, 1.54) is 6.07 Å². The van der Waals surface area contributed by atoms with Crippen molar-refractivity contribution in [3.05, 3.63) is 65.7 Å². The van der Waals surface area contributed by atoms with Crippen LogP contribution in [0.2, 0.25) is 0 Å². The third-order valence-corrected chi connectivity index (χ3v) is 4.57. The van der Waals surface area contributed by atoms with Crippen molar-refractivity contribution < 1.29 is 18.0 Å². The Kier molecular flexibility index (Phi) is 4.72. The summed E-state index contributed by atoms with van der Waals surface area (Å²) in [7, 11) is -4.01. The van der Waals surface area contributed by atoms with Gasteiger partial charge in [-0.05, 0) is 24.1 Å². The maximum Gasteiger partial charge on any atom is 0.289 e. The first kappa shape index (κ1) is 15.2. The molecule has 0 bridgehead atoms. The lowest BCUT2D eigenvalue weighted by Crippen LogP contribution is -2.30. The van der Waals surface area contributed by atoms with Crippen LogP contribution in [0.1, 0.15) is 11.1 Å². The monoisotopic (exact) mass is 305 g/mol. The van der Waals surface area contributed by atoms with Crippen molar-refractivity contribution in [2.24, 2.45) is 0 Å². The highest BCUT2D eigenvalue weighted by atomic mass is 32.2. The third-order valence-electron chi connectivity index (χ3n) is 2.90. The van der Waals surface area contributed by atoms with E-state index in [4.69, 9.17) is 4.84 Å². The lowest BCUT2D eigenvalue weighted by Gasteiger charge is -2.18. The van der Waals surface area contributed by atoms with Crippen LogP contribution in [0, 0.1) is 6.92 Å². The topological polar surface area (TPSA) is 63.7 Å². The zero-order valence-corrected chi connectivity index (χ0v) is 12.3. The second-order valence-electron chi connectivity index (χ2n) is 4.39. The number of carbonyl (C=O) groups excluding carboxylic acids is 1. The highest BCUT2D eigenvalue weighted by molar-refractivity contribution is 7.89. The molecule has 5 nitrogen and oxygen atoms in total. The smallest absolute Gasteiger partial charge is 0.275 e. The first-order valence-corrected chi connectivity index (χ1v) is 7.72. The van der Waals surface area contributed by atoms with E-state index < -0.39 is 10.0 Å². The molecule has 0 aromatic heterocycles. The van der Waals surface area contributed by atoms with Crippen LogP contribution in [0.25, 0.3) is 0 Å². The van der Waals surface area contributed by atoms with Crippen LogP contribution in [-0.2, 0) is 26.3 Å². The van der Waals surface area contributed by atoms with Crippen molar-refractivity contribution in [2.75, 3.05) is 0 Å². The summed E-state index contributed by atoms with van der Waals surface area (Å²) >= 11 is 0. The maximum atomic E-state index is 12.4. The maximum absolute atomic E-state index is 12.4. The fourth-order valence-corrected chi connectivity index (χ4v) is 3.04. The summed E-state index contributed by atoms with van der Waals surface area (Å²) in [6.45, 7) is 1.65. The Labute approximate surface area is 123 Å². The van der Waals surface area contributed by atoms with Crippen molar-refractivity contribution in [3.63, 3.8) is 0 Å². The molecule has 2 aromatic rings. The number of rotatable bonds is 6. The SMILES string of the molecule is Cc1ccccc1S(=O)(=O)N(C=O)OCc1ccccc1. The van der Waals surface area contributed by atoms with Crippen LogP contribution in [0.4, 0.5) is 0 Å². The number of nitrogens with zero attached hydrogens (tertiary/aromatic N) is 1. The molecule has 0 spiro atoms. The van der Waals surface area contributed by atoms with Crippen LogP contribution >= 0.6 is 0 Å². The average Bonchev–Trinajstić information content (AvgIpc) is 2.49. The van der Waals surface area contributed by atoms with E-state index >= 15 is 0 Å². The predicted molar refractivity (Wildman–Crippen MR) is 77.5 cm³/mol. The van der Waals surface area contributed by atoms with Gasteiger partial charge in [0.2, 0.25) is 6.41 Å². The predicted octanol–water partition coefficient (Wildman–Crippen LogP) is 2.27. The van der Waals surface area contributed by atoms with E-state index in [0.717, 1.165) is 5.56 Å². The minimum absolute atomic E-state index is 0.00923. The number of benzene rings is 2. The minimum atomic E-state index is -4.01. The largest absolute Gasteiger partial charge is 0.289 e. The van der Waals surface area contributed by atoms with Gasteiger partial charge in [0.05, 0.1) is 4.90 Å². The molecule has 0 saturated heterocycles. The first-order valence-electron chi connectivity index (χ1n) is 6.28. The normalized spacial score (nSPS) is 11.1. The summed E-state index contributed by atoms with van der Waals surface area (Å²) in [6.07, 6.45) is 0.157. The molecule has 0 N–H and O–H groups in total. The van der Waals surface area contributed by atoms with Gasteiger partial charge in [-0.15, -0.1) is 4.47 Å². The summed E-state index contributed by atoms with van der Waals surface area (Å²) in [5.41, 5.74) is 1.32. The van der Waals surface area contributed by atoms with Crippen molar-refractivity contribution in [3.8, 4) is 0 Å². The fraction of sp³-hybridized carbons (Fsp3) is 0.133. The summed E-state index contributed by atoms with van der Waals surface area (Å²) in [6, 6.07) is 15.4. The van der Waals surface area contributed by atoms with Crippen LogP contribution < -0.4 is 0 Å². The molecule has 0 aliphatic heterocycles. The molecule has 0 heterocycles. The molecule has 0 saturated carbocycles. The zero-order valence-electron chi connectivity index (χ0n) is 11.5. The first-order chi connectivity index (χ1) is 10.1. The number of carbonyl (C=O) groups is 1. The van der Waals surface area contributed by atoms with Gasteiger partial charge in [0, 0.05) is 0 Å². The Morgan fingerprint density at radius 3 is 2.29 bits per heavy atom. The molecule has 0 unspecified atom stereocenters. The Balaban J connectivity index is 2.21. The van der Waals surface area contributed by atoms with Gasteiger partial charge in [-0.2, -0.15) is 8.42 Å². The van der Waals surface area contributed by atoms with E-state index in [2.05, 4.69) is 0 Å². The molecular formula is C15H15NO4S. The van der Waals surface area contributed by atoms with Gasteiger partial charge in [-0.1, -0.05) is 48.5 Å². The standard InChI is InChI=1S/C15H15NO4S/c1-13-7-5-6-10-15(13)21(18,19)16(12-17)20-11-14-8-3-2-4-9-14/h2-10,12H,11H2,1H3. The molecule has 110 valence electrons. The molecule has 0 aliphatic carbocycles. The van der Waals surface area contributed by atoms with Crippen LogP contribution in [0.5, 0.6) is 0 Å². The Bertz CT molecular complexity index is 713. The average molecular weight is 305 g/mol. The van der Waals surface area contributed by atoms with E-state index in [0.29, 0.717) is 10.0 Å². The highest BCUT2D eigenvalue weighted by Crippen LogP contribution is 2.19. The van der Waals surface area contributed by atoms with Gasteiger partial charge < -0.3 is 0 Å². The van der Waals surface area contributed by atoms with Gasteiger partial charge in [-0.3, -0.25) is 9.63 Å². The van der Waals surface area contributed by atoms with E-state index in [-0.39, 0.29) is 17.9 Å². The molecule has 2 aromatic carbocycles. The van der Waals surface area contributed by atoms with Crippen molar-refractivity contribution in [1.29, 1.82) is 0 Å². The molecule has 21 heavy (non-hydrogen) atoms. The second kappa shape index (κ2) is 6.51. The van der Waals surface area contributed by atoms with Gasteiger partial charge in [-0.25, -0.2) is 0 Å². The third kappa shape index (κ3) is 3.48. The van der Waals surface area contributed by atoms with Crippen molar-refractivity contribution in [1.82, 2.24) is 4.47 Å². The van der Waals surface area contributed by atoms with E-state index in [1.54, 1.807) is 49.4 Å². The quantitative estimate of drug-likeness (QED) is 0.606. The molecule has 0 atom stereocenters. The van der Waals surface area contributed by atoms with E-state index in [9.17, 15) is 13.2 Å². The number of hydrogen-bond acceptors (Lipinski definition) is 4. The lowest BCUT2D eigenvalue weighted by atomic mass is 10.2. The molecule has 1 amide bonds. The molecule has 6 heteroatoms. The van der Waals surface area contributed by atoms with E-state index in [1.807, 2.05) is 6.07 Å².